The molecule has 2 fully saturated rings. The largest absolute Gasteiger partial charge is 0.339 e. The Bertz CT molecular complexity index is 977. The number of imide groups is 1. The minimum Gasteiger partial charge on any atom is -0.339 e. The molecule has 2 heterocycles. The molecule has 1 atom stereocenters. The van der Waals surface area contributed by atoms with E-state index in [2.05, 4.69) is 0 Å². The van der Waals surface area contributed by atoms with E-state index in [4.69, 9.17) is 0 Å². The zero-order valence-electron chi connectivity index (χ0n) is 15.8. The van der Waals surface area contributed by atoms with Crippen LogP contribution in [-0.4, -0.2) is 65.9 Å². The maximum Gasteiger partial charge on any atom is 0.293 e. The van der Waals surface area contributed by atoms with E-state index in [9.17, 15) is 27.2 Å². The zero-order valence-corrected chi connectivity index (χ0v) is 17.5. The molecular formula is C19H21FN2O5S2. The maximum atomic E-state index is 13.8. The molecule has 0 saturated carbocycles. The van der Waals surface area contributed by atoms with Gasteiger partial charge >= 0.3 is 0 Å². The highest BCUT2D eigenvalue weighted by molar-refractivity contribution is 8.18. The van der Waals surface area contributed by atoms with Crippen LogP contribution in [0.5, 0.6) is 0 Å². The summed E-state index contributed by atoms with van der Waals surface area (Å²) >= 11 is 0.704. The predicted octanol–water partition coefficient (Wildman–Crippen LogP) is 2.29. The van der Waals surface area contributed by atoms with Crippen molar-refractivity contribution in [1.82, 2.24) is 9.80 Å². The Morgan fingerprint density at radius 2 is 2.07 bits per heavy atom. The average molecular weight is 441 g/mol. The fraction of sp³-hybridized carbons (Fsp3) is 0.421. The summed E-state index contributed by atoms with van der Waals surface area (Å²) in [6.07, 6.45) is 1.63. The van der Waals surface area contributed by atoms with Crippen molar-refractivity contribution in [2.75, 3.05) is 24.6 Å². The molecule has 3 rings (SSSR count). The Balaban J connectivity index is 1.64. The number of rotatable bonds is 6. The van der Waals surface area contributed by atoms with Gasteiger partial charge in [0, 0.05) is 31.1 Å². The van der Waals surface area contributed by atoms with Crippen molar-refractivity contribution >= 4 is 44.7 Å². The molecule has 0 aliphatic carbocycles. The van der Waals surface area contributed by atoms with Crippen molar-refractivity contribution in [2.24, 2.45) is 0 Å². The van der Waals surface area contributed by atoms with Gasteiger partial charge in [0.15, 0.2) is 9.84 Å². The van der Waals surface area contributed by atoms with Crippen LogP contribution >= 0.6 is 11.8 Å². The lowest BCUT2D eigenvalue weighted by Gasteiger charge is -2.27. The molecule has 29 heavy (non-hydrogen) atoms. The Hall–Kier alpha value is -2.20. The van der Waals surface area contributed by atoms with Gasteiger partial charge in [-0.2, -0.15) is 0 Å². The van der Waals surface area contributed by atoms with Crippen molar-refractivity contribution < 1.29 is 27.2 Å². The normalized spacial score (nSPS) is 22.5. The second-order valence-corrected chi connectivity index (χ2v) is 10.1. The third kappa shape index (κ3) is 4.87. The van der Waals surface area contributed by atoms with E-state index in [0.29, 0.717) is 24.7 Å². The van der Waals surface area contributed by atoms with Gasteiger partial charge in [-0.3, -0.25) is 19.3 Å². The van der Waals surface area contributed by atoms with Crippen molar-refractivity contribution in [2.45, 2.75) is 25.8 Å². The van der Waals surface area contributed by atoms with Crippen LogP contribution in [0.15, 0.2) is 29.2 Å². The molecule has 0 N–H and O–H groups in total. The minimum absolute atomic E-state index is 0.0560. The van der Waals surface area contributed by atoms with Crippen molar-refractivity contribution in [3.63, 3.8) is 0 Å². The molecule has 3 amide bonds. The van der Waals surface area contributed by atoms with Gasteiger partial charge in [0.1, 0.15) is 5.82 Å². The van der Waals surface area contributed by atoms with E-state index in [0.717, 1.165) is 4.90 Å². The van der Waals surface area contributed by atoms with E-state index < -0.39 is 26.8 Å². The average Bonchev–Trinajstić information content (AvgIpc) is 3.15. The van der Waals surface area contributed by atoms with E-state index in [-0.39, 0.29) is 46.9 Å². The summed E-state index contributed by atoms with van der Waals surface area (Å²) < 4.78 is 37.1. The van der Waals surface area contributed by atoms with E-state index >= 15 is 0 Å². The minimum atomic E-state index is -3.13. The molecule has 7 nitrogen and oxygen atoms in total. The summed E-state index contributed by atoms with van der Waals surface area (Å²) in [5, 5.41) is -0.517. The molecular weight excluding hydrogens is 419 g/mol. The first-order chi connectivity index (χ1) is 13.7. The van der Waals surface area contributed by atoms with E-state index in [1.807, 2.05) is 0 Å². The lowest BCUT2D eigenvalue weighted by Crippen LogP contribution is -2.42. The first-order valence-electron chi connectivity index (χ1n) is 9.21. The van der Waals surface area contributed by atoms with Crippen LogP contribution in [0.4, 0.5) is 9.18 Å². The predicted molar refractivity (Wildman–Crippen MR) is 108 cm³/mol. The molecule has 2 saturated heterocycles. The molecule has 0 bridgehead atoms. The highest BCUT2D eigenvalue weighted by Gasteiger charge is 2.37. The molecule has 0 spiro atoms. The molecule has 10 heteroatoms. The van der Waals surface area contributed by atoms with Crippen molar-refractivity contribution in [3.05, 3.63) is 40.6 Å². The molecule has 0 radical (unpaired) electrons. The summed E-state index contributed by atoms with van der Waals surface area (Å²) in [6, 6.07) is 5.55. The molecule has 2 aliphatic rings. The molecule has 0 unspecified atom stereocenters. The van der Waals surface area contributed by atoms with Crippen LogP contribution in [0.3, 0.4) is 0 Å². The first kappa shape index (κ1) is 21.5. The second-order valence-electron chi connectivity index (χ2n) is 6.84. The number of carbonyl (C=O) groups is 3. The van der Waals surface area contributed by atoms with Gasteiger partial charge in [0.25, 0.3) is 11.1 Å². The number of amides is 3. The number of halogens is 1. The Morgan fingerprint density at radius 3 is 2.69 bits per heavy atom. The molecule has 1 aromatic rings. The number of hydrogen-bond acceptors (Lipinski definition) is 6. The molecule has 156 valence electrons. The smallest absolute Gasteiger partial charge is 0.293 e. The van der Waals surface area contributed by atoms with Crippen LogP contribution in [0, 0.1) is 5.82 Å². The molecule has 2 aliphatic heterocycles. The summed E-state index contributed by atoms with van der Waals surface area (Å²) in [4.78, 5) is 39.8. The highest BCUT2D eigenvalue weighted by atomic mass is 32.2. The number of thioether (sulfide) groups is 1. The van der Waals surface area contributed by atoms with Crippen LogP contribution in [0.25, 0.3) is 6.08 Å². The van der Waals surface area contributed by atoms with Crippen molar-refractivity contribution in [1.29, 1.82) is 0 Å². The van der Waals surface area contributed by atoms with Gasteiger partial charge in [0.2, 0.25) is 5.91 Å². The summed E-state index contributed by atoms with van der Waals surface area (Å²) in [7, 11) is -3.13. The first-order valence-corrected chi connectivity index (χ1v) is 11.9. The van der Waals surface area contributed by atoms with Crippen LogP contribution in [0.2, 0.25) is 0 Å². The number of sulfone groups is 1. The van der Waals surface area contributed by atoms with Gasteiger partial charge in [0.05, 0.1) is 16.4 Å². The quantitative estimate of drug-likeness (QED) is 0.631. The monoisotopic (exact) mass is 440 g/mol. The lowest BCUT2D eigenvalue weighted by molar-refractivity contribution is -0.133. The number of benzene rings is 1. The fourth-order valence-electron chi connectivity index (χ4n) is 3.44. The third-order valence-electron chi connectivity index (χ3n) is 4.92. The molecule has 0 aromatic heterocycles. The lowest BCUT2D eigenvalue weighted by atomic mass is 10.2. The van der Waals surface area contributed by atoms with E-state index in [1.165, 1.54) is 29.2 Å². The van der Waals surface area contributed by atoms with E-state index in [1.54, 1.807) is 13.0 Å². The van der Waals surface area contributed by atoms with Gasteiger partial charge in [-0.15, -0.1) is 0 Å². The van der Waals surface area contributed by atoms with Gasteiger partial charge in [-0.05, 0) is 37.2 Å². The van der Waals surface area contributed by atoms with Crippen LogP contribution < -0.4 is 0 Å². The zero-order chi connectivity index (χ0) is 21.2. The summed E-state index contributed by atoms with van der Waals surface area (Å²) in [5.41, 5.74) is 0.202. The van der Waals surface area contributed by atoms with Gasteiger partial charge in [-0.25, -0.2) is 12.8 Å². The summed E-state index contributed by atoms with van der Waals surface area (Å²) in [5.74, 6) is -1.36. The SMILES string of the molecule is CCN(C(=O)CCN1C(=O)S/C(=C\c2ccccc2F)C1=O)[C@@H]1CCS(=O)(=O)C1. The maximum absolute atomic E-state index is 13.8. The highest BCUT2D eigenvalue weighted by Crippen LogP contribution is 2.32. The van der Waals surface area contributed by atoms with Crippen LogP contribution in [-0.2, 0) is 19.4 Å². The van der Waals surface area contributed by atoms with Gasteiger partial charge < -0.3 is 4.90 Å². The van der Waals surface area contributed by atoms with Crippen LogP contribution in [0.1, 0.15) is 25.3 Å². The second kappa shape index (κ2) is 8.66. The molecule has 1 aromatic carbocycles. The standard InChI is InChI=1S/C19H21FN2O5S2/c1-2-21(14-8-10-29(26,27)12-14)17(23)7-9-22-18(24)16(28-19(22)25)11-13-5-3-4-6-15(13)20/h3-6,11,14H,2,7-10,12H2,1H3/b16-11-/t14-/m1/s1. The Kier molecular flexibility index (Phi) is 6.42. The Morgan fingerprint density at radius 1 is 1.34 bits per heavy atom. The summed E-state index contributed by atoms with van der Waals surface area (Å²) in [6.45, 7) is 2.02. The third-order valence-corrected chi connectivity index (χ3v) is 7.58. The number of hydrogen-bond donors (Lipinski definition) is 0. The van der Waals surface area contributed by atoms with Crippen molar-refractivity contribution in [3.8, 4) is 0 Å². The topological polar surface area (TPSA) is 91.8 Å². The fourth-order valence-corrected chi connectivity index (χ4v) is 6.02. The Labute approximate surface area is 172 Å². The van der Waals surface area contributed by atoms with Gasteiger partial charge in [-0.1, -0.05) is 18.2 Å². The number of carbonyl (C=O) groups excluding carboxylic acids is 3. The number of nitrogens with zero attached hydrogens (tertiary/aromatic N) is 2.